The maximum Gasteiger partial charge on any atom is 0.247 e. The van der Waals surface area contributed by atoms with E-state index in [-0.39, 0.29) is 6.10 Å². The third-order valence-electron chi connectivity index (χ3n) is 4.38. The molecule has 1 aliphatic heterocycles. The van der Waals surface area contributed by atoms with Gasteiger partial charge >= 0.3 is 0 Å². The fourth-order valence-corrected chi connectivity index (χ4v) is 5.75. The van der Waals surface area contributed by atoms with E-state index in [0.29, 0.717) is 36.0 Å². The number of thiophene rings is 1. The van der Waals surface area contributed by atoms with Gasteiger partial charge in [0.1, 0.15) is 4.90 Å². The molecule has 0 N–H and O–H groups in total. The Labute approximate surface area is 147 Å². The van der Waals surface area contributed by atoms with E-state index >= 15 is 0 Å². The maximum atomic E-state index is 13.3. The highest BCUT2D eigenvalue weighted by atomic mass is 32.2. The normalized spacial score (nSPS) is 18.6. The van der Waals surface area contributed by atoms with E-state index in [9.17, 15) is 8.42 Å². The summed E-state index contributed by atoms with van der Waals surface area (Å²) < 4.78 is 35.5. The fraction of sp³-hybridized carbons (Fsp3) is 0.562. The number of sulfonamides is 1. The van der Waals surface area contributed by atoms with Crippen LogP contribution in [0.5, 0.6) is 0 Å². The minimum Gasteiger partial charge on any atom is -0.377 e. The number of ether oxygens (including phenoxy) is 1. The Hall–Kier alpha value is -1.22. The van der Waals surface area contributed by atoms with E-state index in [1.807, 2.05) is 17.5 Å². The molecule has 0 aliphatic carbocycles. The molecule has 1 unspecified atom stereocenters. The molecule has 8 heteroatoms. The van der Waals surface area contributed by atoms with Gasteiger partial charge in [-0.2, -0.15) is 9.40 Å². The lowest BCUT2D eigenvalue weighted by Crippen LogP contribution is -2.37. The zero-order valence-electron chi connectivity index (χ0n) is 14.2. The molecule has 3 heterocycles. The van der Waals surface area contributed by atoms with E-state index in [1.54, 1.807) is 41.2 Å². The Kier molecular flexibility index (Phi) is 5.10. The van der Waals surface area contributed by atoms with Crippen LogP contribution in [0.15, 0.2) is 22.4 Å². The Morgan fingerprint density at radius 1 is 1.46 bits per heavy atom. The zero-order chi connectivity index (χ0) is 17.3. The molecule has 1 fully saturated rings. The largest absolute Gasteiger partial charge is 0.377 e. The molecule has 0 aromatic carbocycles. The summed E-state index contributed by atoms with van der Waals surface area (Å²) in [5, 5.41) is 6.24. The number of hydrogen-bond acceptors (Lipinski definition) is 5. The van der Waals surface area contributed by atoms with E-state index in [0.717, 1.165) is 17.7 Å². The Balaban J connectivity index is 1.95. The molecular formula is C16H23N3O3S2. The van der Waals surface area contributed by atoms with Crippen molar-refractivity contribution in [2.45, 2.75) is 44.2 Å². The lowest BCUT2D eigenvalue weighted by atomic mass is 10.2. The molecule has 0 radical (unpaired) electrons. The minimum atomic E-state index is -3.63. The summed E-state index contributed by atoms with van der Waals surface area (Å²) in [5.41, 5.74) is 1.20. The van der Waals surface area contributed by atoms with E-state index in [2.05, 4.69) is 5.10 Å². The molecule has 0 saturated carbocycles. The quantitative estimate of drug-likeness (QED) is 0.785. The second-order valence-electron chi connectivity index (χ2n) is 6.14. The van der Waals surface area contributed by atoms with Gasteiger partial charge in [-0.15, -0.1) is 11.3 Å². The van der Waals surface area contributed by atoms with Crippen molar-refractivity contribution in [3.63, 3.8) is 0 Å². The first-order valence-electron chi connectivity index (χ1n) is 8.04. The van der Waals surface area contributed by atoms with Crippen molar-refractivity contribution in [3.8, 4) is 0 Å². The summed E-state index contributed by atoms with van der Waals surface area (Å²) in [5.74, 6) is 0. The van der Waals surface area contributed by atoms with E-state index in [4.69, 9.17) is 4.74 Å². The molecule has 2 aromatic rings. The van der Waals surface area contributed by atoms with Crippen molar-refractivity contribution >= 4 is 21.4 Å². The van der Waals surface area contributed by atoms with Gasteiger partial charge in [0, 0.05) is 31.6 Å². The first-order chi connectivity index (χ1) is 11.4. The van der Waals surface area contributed by atoms with Crippen LogP contribution >= 0.6 is 11.3 Å². The number of aryl methyl sites for hydroxylation is 2. The molecule has 132 valence electrons. The van der Waals surface area contributed by atoms with Gasteiger partial charge in [0.25, 0.3) is 0 Å². The first-order valence-corrected chi connectivity index (χ1v) is 10.4. The van der Waals surface area contributed by atoms with Gasteiger partial charge in [0.2, 0.25) is 10.0 Å². The van der Waals surface area contributed by atoms with Crippen LogP contribution in [-0.2, 0) is 28.4 Å². The van der Waals surface area contributed by atoms with Gasteiger partial charge < -0.3 is 4.74 Å². The van der Waals surface area contributed by atoms with Crippen molar-refractivity contribution < 1.29 is 13.2 Å². The van der Waals surface area contributed by atoms with Crippen LogP contribution in [0.2, 0.25) is 0 Å². The molecule has 2 aromatic heterocycles. The van der Waals surface area contributed by atoms with Gasteiger partial charge in [-0.1, -0.05) is 6.07 Å². The molecule has 1 aliphatic rings. The van der Waals surface area contributed by atoms with Crippen molar-refractivity contribution in [3.05, 3.63) is 33.8 Å². The topological polar surface area (TPSA) is 64.4 Å². The standard InChI is InChI=1S/C16H23N3O3S2/c1-12-16(13(2)18(3)17-12)24(20,21)19(10-14-6-4-8-22-14)11-15-7-5-9-23-15/h5,7,9,14H,4,6,8,10-11H2,1-3H3. The highest BCUT2D eigenvalue weighted by molar-refractivity contribution is 7.89. The monoisotopic (exact) mass is 369 g/mol. The van der Waals surface area contributed by atoms with Crippen molar-refractivity contribution in [2.24, 2.45) is 7.05 Å². The summed E-state index contributed by atoms with van der Waals surface area (Å²) in [6, 6.07) is 3.91. The molecule has 24 heavy (non-hydrogen) atoms. The van der Waals surface area contributed by atoms with Gasteiger partial charge in [-0.25, -0.2) is 8.42 Å². The summed E-state index contributed by atoms with van der Waals surface area (Å²) in [7, 11) is -1.86. The lowest BCUT2D eigenvalue weighted by molar-refractivity contribution is 0.0927. The third-order valence-corrected chi connectivity index (χ3v) is 7.31. The van der Waals surface area contributed by atoms with Crippen LogP contribution in [0.3, 0.4) is 0 Å². The average molecular weight is 370 g/mol. The Morgan fingerprint density at radius 2 is 2.25 bits per heavy atom. The van der Waals surface area contributed by atoms with Gasteiger partial charge in [0.15, 0.2) is 0 Å². The van der Waals surface area contributed by atoms with Crippen LogP contribution in [0.1, 0.15) is 29.1 Å². The lowest BCUT2D eigenvalue weighted by Gasteiger charge is -2.24. The molecule has 3 rings (SSSR count). The van der Waals surface area contributed by atoms with Crippen LogP contribution in [0, 0.1) is 13.8 Å². The van der Waals surface area contributed by atoms with Gasteiger partial charge in [0.05, 0.1) is 17.5 Å². The van der Waals surface area contributed by atoms with Gasteiger partial charge in [-0.3, -0.25) is 4.68 Å². The maximum absolute atomic E-state index is 13.3. The van der Waals surface area contributed by atoms with E-state index < -0.39 is 10.0 Å². The predicted octanol–water partition coefficient (Wildman–Crippen LogP) is 2.47. The third kappa shape index (κ3) is 3.42. The average Bonchev–Trinajstić information content (AvgIpc) is 3.23. The number of aromatic nitrogens is 2. The fourth-order valence-electron chi connectivity index (χ4n) is 3.10. The summed E-state index contributed by atoms with van der Waals surface area (Å²) in [6.45, 7) is 5.00. The Bertz CT molecular complexity index is 791. The van der Waals surface area contributed by atoms with Crippen LogP contribution < -0.4 is 0 Å². The van der Waals surface area contributed by atoms with Crippen LogP contribution in [0.25, 0.3) is 0 Å². The molecule has 6 nitrogen and oxygen atoms in total. The zero-order valence-corrected chi connectivity index (χ0v) is 15.9. The van der Waals surface area contributed by atoms with Crippen molar-refractivity contribution in [2.75, 3.05) is 13.2 Å². The number of nitrogens with zero attached hydrogens (tertiary/aromatic N) is 3. The summed E-state index contributed by atoms with van der Waals surface area (Å²) in [6.07, 6.45) is 1.86. The van der Waals surface area contributed by atoms with Gasteiger partial charge in [-0.05, 0) is 38.1 Å². The van der Waals surface area contributed by atoms with E-state index in [1.165, 1.54) is 0 Å². The highest BCUT2D eigenvalue weighted by Gasteiger charge is 2.33. The van der Waals surface area contributed by atoms with Crippen molar-refractivity contribution in [1.82, 2.24) is 14.1 Å². The minimum absolute atomic E-state index is 0.0305. The molecule has 0 spiro atoms. The van der Waals surface area contributed by atoms with Crippen LogP contribution in [-0.4, -0.2) is 41.8 Å². The summed E-state index contributed by atoms with van der Waals surface area (Å²) >= 11 is 1.57. The molecule has 1 saturated heterocycles. The smallest absolute Gasteiger partial charge is 0.247 e. The second-order valence-corrected chi connectivity index (χ2v) is 9.04. The number of rotatable bonds is 6. The number of hydrogen-bond donors (Lipinski definition) is 0. The molecular weight excluding hydrogens is 346 g/mol. The molecule has 0 amide bonds. The Morgan fingerprint density at radius 3 is 2.79 bits per heavy atom. The highest BCUT2D eigenvalue weighted by Crippen LogP contribution is 2.27. The summed E-state index contributed by atoms with van der Waals surface area (Å²) in [4.78, 5) is 1.34. The molecule has 0 bridgehead atoms. The second kappa shape index (κ2) is 6.95. The SMILES string of the molecule is Cc1nn(C)c(C)c1S(=O)(=O)N(Cc1cccs1)CC1CCCO1. The first kappa shape index (κ1) is 17.6. The molecule has 1 atom stereocenters. The van der Waals surface area contributed by atoms with Crippen LogP contribution in [0.4, 0.5) is 0 Å². The van der Waals surface area contributed by atoms with Crippen molar-refractivity contribution in [1.29, 1.82) is 0 Å². The predicted molar refractivity (Wildman–Crippen MR) is 93.6 cm³/mol.